The number of nitrogens with zero attached hydrogens (tertiary/aromatic N) is 2. The molecule has 2 aromatic rings. The number of carbonyl (C=O) groups excluding carboxylic acids is 3. The zero-order valence-corrected chi connectivity index (χ0v) is 19.3. The number of hydrogen-bond donors (Lipinski definition) is 3. The molecule has 9 nitrogen and oxygen atoms in total. The Morgan fingerprint density at radius 3 is 2.39 bits per heavy atom. The van der Waals surface area contributed by atoms with Crippen LogP contribution in [0.1, 0.15) is 57.8 Å². The van der Waals surface area contributed by atoms with Crippen LogP contribution in [0.25, 0.3) is 0 Å². The standard InChI is InChI=1S/C22H21ClN4O5S/c1-11-17(21(31)32)33-22(24-11)26-18(28)12-7-9-13(10-8-12)25-16-15(23)19(29)27(20(16)30)14-5-3-2-4-6-14/h7-10,14,25H,2-6H2,1H3,(H,31,32)(H,24,26,28). The third-order valence-electron chi connectivity index (χ3n) is 5.63. The van der Waals surface area contributed by atoms with Crippen LogP contribution in [-0.2, 0) is 9.59 Å². The molecule has 4 rings (SSSR count). The zero-order chi connectivity index (χ0) is 23.7. The number of aromatic nitrogens is 1. The molecule has 1 saturated carbocycles. The molecular formula is C22H21ClN4O5S. The predicted octanol–water partition coefficient (Wildman–Crippen LogP) is 3.97. The van der Waals surface area contributed by atoms with Gasteiger partial charge in [0.2, 0.25) is 0 Å². The number of nitrogens with one attached hydrogen (secondary N) is 2. The molecule has 1 aliphatic heterocycles. The molecule has 1 aromatic carbocycles. The Kier molecular flexibility index (Phi) is 6.48. The second-order valence-corrected chi connectivity index (χ2v) is 9.23. The number of aromatic carboxylic acids is 1. The summed E-state index contributed by atoms with van der Waals surface area (Å²) in [5.74, 6) is -2.48. The Balaban J connectivity index is 1.43. The van der Waals surface area contributed by atoms with E-state index in [4.69, 9.17) is 16.7 Å². The molecule has 1 aliphatic carbocycles. The van der Waals surface area contributed by atoms with E-state index < -0.39 is 23.7 Å². The van der Waals surface area contributed by atoms with Crippen molar-refractivity contribution in [2.45, 2.75) is 45.1 Å². The summed E-state index contributed by atoms with van der Waals surface area (Å²) in [5, 5.41) is 14.6. The van der Waals surface area contributed by atoms with E-state index in [9.17, 15) is 19.2 Å². The molecule has 3 amide bonds. The highest BCUT2D eigenvalue weighted by Gasteiger charge is 2.42. The van der Waals surface area contributed by atoms with E-state index in [1.165, 1.54) is 17.0 Å². The first-order valence-corrected chi connectivity index (χ1v) is 11.6. The maximum atomic E-state index is 12.9. The number of aryl methyl sites for hydroxylation is 1. The van der Waals surface area contributed by atoms with Crippen molar-refractivity contribution in [2.75, 3.05) is 10.6 Å². The van der Waals surface area contributed by atoms with Gasteiger partial charge in [-0.25, -0.2) is 9.78 Å². The van der Waals surface area contributed by atoms with Gasteiger partial charge >= 0.3 is 5.97 Å². The van der Waals surface area contributed by atoms with Gasteiger partial charge in [-0.3, -0.25) is 24.6 Å². The number of imide groups is 1. The summed E-state index contributed by atoms with van der Waals surface area (Å²) in [5.41, 5.74) is 1.15. The number of amides is 3. The molecule has 2 aliphatic rings. The number of rotatable bonds is 6. The molecule has 1 fully saturated rings. The molecule has 0 saturated heterocycles. The van der Waals surface area contributed by atoms with E-state index in [2.05, 4.69) is 15.6 Å². The number of carboxylic acid groups (broad SMARTS) is 1. The number of thiazole rings is 1. The van der Waals surface area contributed by atoms with Crippen LogP contribution in [0.5, 0.6) is 0 Å². The third-order valence-corrected chi connectivity index (χ3v) is 7.04. The first-order valence-electron chi connectivity index (χ1n) is 10.4. The van der Waals surface area contributed by atoms with Gasteiger partial charge in [0, 0.05) is 17.3 Å². The van der Waals surface area contributed by atoms with E-state index in [0.29, 0.717) is 16.9 Å². The number of hydrogen-bond acceptors (Lipinski definition) is 7. The van der Waals surface area contributed by atoms with E-state index in [1.54, 1.807) is 19.1 Å². The molecule has 0 radical (unpaired) electrons. The average Bonchev–Trinajstić information content (AvgIpc) is 3.27. The second kappa shape index (κ2) is 9.32. The van der Waals surface area contributed by atoms with Crippen molar-refractivity contribution >= 4 is 57.4 Å². The lowest BCUT2D eigenvalue weighted by Gasteiger charge is -2.29. The summed E-state index contributed by atoms with van der Waals surface area (Å²) >= 11 is 7.07. The first-order chi connectivity index (χ1) is 15.8. The van der Waals surface area contributed by atoms with Crippen molar-refractivity contribution in [3.05, 3.63) is 51.1 Å². The molecule has 3 N–H and O–H groups in total. The van der Waals surface area contributed by atoms with Crippen molar-refractivity contribution in [1.82, 2.24) is 9.88 Å². The number of carbonyl (C=O) groups is 4. The zero-order valence-electron chi connectivity index (χ0n) is 17.7. The highest BCUT2D eigenvalue weighted by molar-refractivity contribution is 7.17. The van der Waals surface area contributed by atoms with Gasteiger partial charge in [-0.1, -0.05) is 42.2 Å². The fraction of sp³-hybridized carbons (Fsp3) is 0.318. The van der Waals surface area contributed by atoms with E-state index in [0.717, 1.165) is 43.4 Å². The van der Waals surface area contributed by atoms with Gasteiger partial charge in [-0.05, 0) is 44.0 Å². The largest absolute Gasteiger partial charge is 0.477 e. The van der Waals surface area contributed by atoms with E-state index in [1.807, 2.05) is 0 Å². The molecule has 1 aromatic heterocycles. The monoisotopic (exact) mass is 488 g/mol. The van der Waals surface area contributed by atoms with Gasteiger partial charge in [-0.2, -0.15) is 0 Å². The molecule has 33 heavy (non-hydrogen) atoms. The quantitative estimate of drug-likeness (QED) is 0.525. The smallest absolute Gasteiger partial charge is 0.347 e. The fourth-order valence-electron chi connectivity index (χ4n) is 3.97. The lowest BCUT2D eigenvalue weighted by Crippen LogP contribution is -2.42. The van der Waals surface area contributed by atoms with Gasteiger partial charge in [0.1, 0.15) is 15.6 Å². The van der Waals surface area contributed by atoms with Crippen molar-refractivity contribution < 1.29 is 24.3 Å². The maximum absolute atomic E-state index is 12.9. The maximum Gasteiger partial charge on any atom is 0.347 e. The highest BCUT2D eigenvalue weighted by atomic mass is 35.5. The summed E-state index contributed by atoms with van der Waals surface area (Å²) in [7, 11) is 0. The Morgan fingerprint density at radius 1 is 1.12 bits per heavy atom. The lowest BCUT2D eigenvalue weighted by molar-refractivity contribution is -0.140. The Hall–Kier alpha value is -3.24. The minimum Gasteiger partial charge on any atom is -0.477 e. The van der Waals surface area contributed by atoms with Gasteiger partial charge in [0.05, 0.1) is 5.69 Å². The van der Waals surface area contributed by atoms with Crippen LogP contribution in [0.3, 0.4) is 0 Å². The van der Waals surface area contributed by atoms with Crippen molar-refractivity contribution in [3.8, 4) is 0 Å². The summed E-state index contributed by atoms with van der Waals surface area (Å²) in [6.07, 6.45) is 4.62. The Labute approximate surface area is 198 Å². The van der Waals surface area contributed by atoms with Crippen LogP contribution in [0.2, 0.25) is 0 Å². The van der Waals surface area contributed by atoms with Crippen LogP contribution < -0.4 is 10.6 Å². The van der Waals surface area contributed by atoms with Crippen LogP contribution in [-0.4, -0.2) is 44.7 Å². The number of anilines is 2. The van der Waals surface area contributed by atoms with Crippen molar-refractivity contribution in [2.24, 2.45) is 0 Å². The molecule has 0 bridgehead atoms. The van der Waals surface area contributed by atoms with Crippen LogP contribution in [0.15, 0.2) is 35.0 Å². The molecule has 0 unspecified atom stereocenters. The van der Waals surface area contributed by atoms with Crippen LogP contribution in [0.4, 0.5) is 10.8 Å². The first kappa shape index (κ1) is 22.9. The average molecular weight is 489 g/mol. The topological polar surface area (TPSA) is 129 Å². The molecule has 172 valence electrons. The minimum atomic E-state index is -1.10. The molecule has 0 atom stereocenters. The normalized spacial score (nSPS) is 17.0. The van der Waals surface area contributed by atoms with Crippen LogP contribution >= 0.6 is 22.9 Å². The SMILES string of the molecule is Cc1nc(NC(=O)c2ccc(NC3=C(Cl)C(=O)N(C4CCCCC4)C3=O)cc2)sc1C(=O)O. The fourth-order valence-corrected chi connectivity index (χ4v) is 4.98. The summed E-state index contributed by atoms with van der Waals surface area (Å²) in [6, 6.07) is 6.11. The van der Waals surface area contributed by atoms with Gasteiger partial charge in [0.15, 0.2) is 5.13 Å². The van der Waals surface area contributed by atoms with Gasteiger partial charge < -0.3 is 10.4 Å². The second-order valence-electron chi connectivity index (χ2n) is 7.86. The predicted molar refractivity (Wildman–Crippen MR) is 123 cm³/mol. The van der Waals surface area contributed by atoms with Gasteiger partial charge in [0.25, 0.3) is 17.7 Å². The number of carboxylic acids is 1. The summed E-state index contributed by atoms with van der Waals surface area (Å²) in [4.78, 5) is 54.4. The molecule has 0 spiro atoms. The Bertz CT molecular complexity index is 1170. The van der Waals surface area contributed by atoms with E-state index in [-0.39, 0.29) is 26.8 Å². The molecule has 11 heteroatoms. The third kappa shape index (κ3) is 4.62. The number of halogens is 1. The van der Waals surface area contributed by atoms with Crippen LogP contribution in [0, 0.1) is 6.92 Å². The molecular weight excluding hydrogens is 468 g/mol. The highest BCUT2D eigenvalue weighted by Crippen LogP contribution is 2.32. The van der Waals surface area contributed by atoms with Crippen molar-refractivity contribution in [1.29, 1.82) is 0 Å². The lowest BCUT2D eigenvalue weighted by atomic mass is 9.94. The molecule has 2 heterocycles. The number of benzene rings is 1. The Morgan fingerprint density at radius 2 is 1.79 bits per heavy atom. The van der Waals surface area contributed by atoms with E-state index >= 15 is 0 Å². The summed E-state index contributed by atoms with van der Waals surface area (Å²) < 4.78 is 0. The minimum absolute atomic E-state index is 0.0314. The summed E-state index contributed by atoms with van der Waals surface area (Å²) in [6.45, 7) is 1.56. The van der Waals surface area contributed by atoms with Crippen molar-refractivity contribution in [3.63, 3.8) is 0 Å². The van der Waals surface area contributed by atoms with Gasteiger partial charge in [-0.15, -0.1) is 0 Å².